The molecule has 0 N–H and O–H groups in total. The Morgan fingerprint density at radius 1 is 0.688 bits per heavy atom. The van der Waals surface area contributed by atoms with E-state index in [0.717, 1.165) is 22.4 Å². The lowest BCUT2D eigenvalue weighted by atomic mass is 9.84. The van der Waals surface area contributed by atoms with Crippen molar-refractivity contribution >= 4 is 5.78 Å². The molecule has 0 heterocycles. The van der Waals surface area contributed by atoms with Crippen LogP contribution in [-0.2, 0) is 6.42 Å². The quantitative estimate of drug-likeness (QED) is 0.563. The van der Waals surface area contributed by atoms with Crippen LogP contribution in [-0.4, -0.2) is 41.3 Å². The number of rotatable bonds is 6. The molecule has 32 heavy (non-hydrogen) atoms. The normalized spacial score (nSPS) is 14.7. The van der Waals surface area contributed by atoms with Gasteiger partial charge in [0.25, 0.3) is 0 Å². The third-order valence-electron chi connectivity index (χ3n) is 5.95. The number of ether oxygens (including phenoxy) is 5. The Morgan fingerprint density at radius 3 is 1.88 bits per heavy atom. The molecule has 3 aromatic rings. The topological polar surface area (TPSA) is 63.2 Å². The van der Waals surface area contributed by atoms with Gasteiger partial charge in [0.2, 0.25) is 0 Å². The SMILES string of the molecule is COc1ccc(C2Cc3cc(OC)cc(OC)c3C(=O)c3cc(OC)cc(OC)c32)cc1. The van der Waals surface area contributed by atoms with Crippen LogP contribution < -0.4 is 23.7 Å². The standard InChI is InChI=1S/C26H26O6/c1-28-17-8-6-15(7-9-17)20-11-16-10-18(29-2)13-22(31-4)24(16)26(27)21-12-19(30-3)14-23(32-5)25(20)21/h6-10,12-14,20H,11H2,1-5H3. The maximum atomic E-state index is 13.9. The molecule has 0 bridgehead atoms. The Labute approximate surface area is 187 Å². The Bertz CT molecular complexity index is 1150. The van der Waals surface area contributed by atoms with Crippen LogP contribution >= 0.6 is 0 Å². The van der Waals surface area contributed by atoms with Crippen molar-refractivity contribution in [3.63, 3.8) is 0 Å². The molecule has 3 aromatic carbocycles. The summed E-state index contributed by atoms with van der Waals surface area (Å²) in [5.41, 5.74) is 3.77. The highest BCUT2D eigenvalue weighted by molar-refractivity contribution is 6.14. The zero-order chi connectivity index (χ0) is 22.8. The van der Waals surface area contributed by atoms with Crippen LogP contribution in [0.15, 0.2) is 48.5 Å². The minimum atomic E-state index is -0.140. The van der Waals surface area contributed by atoms with Crippen molar-refractivity contribution in [2.75, 3.05) is 35.5 Å². The van der Waals surface area contributed by atoms with Gasteiger partial charge in [-0.3, -0.25) is 4.79 Å². The van der Waals surface area contributed by atoms with Gasteiger partial charge in [-0.15, -0.1) is 0 Å². The van der Waals surface area contributed by atoms with Crippen molar-refractivity contribution in [2.45, 2.75) is 12.3 Å². The molecule has 0 radical (unpaired) electrons. The number of methoxy groups -OCH3 is 5. The van der Waals surface area contributed by atoms with E-state index in [-0.39, 0.29) is 11.7 Å². The number of carbonyl (C=O) groups excluding carboxylic acids is 1. The summed E-state index contributed by atoms with van der Waals surface area (Å²) in [5, 5.41) is 0. The van der Waals surface area contributed by atoms with Gasteiger partial charge in [0.15, 0.2) is 5.78 Å². The number of fused-ring (bicyclic) bond motifs is 2. The van der Waals surface area contributed by atoms with E-state index >= 15 is 0 Å². The van der Waals surface area contributed by atoms with E-state index < -0.39 is 0 Å². The molecule has 0 amide bonds. The van der Waals surface area contributed by atoms with Crippen LogP contribution in [0.3, 0.4) is 0 Å². The number of ketones is 1. The predicted octanol–water partition coefficient (Wildman–Crippen LogP) is 4.65. The first-order valence-electron chi connectivity index (χ1n) is 10.2. The Balaban J connectivity index is 2.03. The molecule has 4 rings (SSSR count). The molecule has 6 nitrogen and oxygen atoms in total. The summed E-state index contributed by atoms with van der Waals surface area (Å²) in [6.07, 6.45) is 0.566. The summed E-state index contributed by atoms with van der Waals surface area (Å²) in [7, 11) is 7.97. The molecule has 0 aliphatic heterocycles. The van der Waals surface area contributed by atoms with Crippen molar-refractivity contribution in [2.24, 2.45) is 0 Å². The predicted molar refractivity (Wildman–Crippen MR) is 121 cm³/mol. The summed E-state index contributed by atoms with van der Waals surface area (Å²) in [6, 6.07) is 15.1. The Hall–Kier alpha value is -3.67. The van der Waals surface area contributed by atoms with Crippen molar-refractivity contribution < 1.29 is 28.5 Å². The van der Waals surface area contributed by atoms with Crippen molar-refractivity contribution in [1.29, 1.82) is 0 Å². The van der Waals surface area contributed by atoms with Gasteiger partial charge in [0, 0.05) is 29.2 Å². The molecule has 0 saturated carbocycles. The zero-order valence-corrected chi connectivity index (χ0v) is 18.9. The highest BCUT2D eigenvalue weighted by atomic mass is 16.5. The molecule has 166 valence electrons. The van der Waals surface area contributed by atoms with E-state index in [0.29, 0.717) is 40.5 Å². The fraction of sp³-hybridized carbons (Fsp3) is 0.269. The van der Waals surface area contributed by atoms with E-state index in [1.807, 2.05) is 36.4 Å². The van der Waals surface area contributed by atoms with Gasteiger partial charge < -0.3 is 23.7 Å². The average Bonchev–Trinajstić information content (AvgIpc) is 2.97. The molecule has 6 heteroatoms. The lowest BCUT2D eigenvalue weighted by Crippen LogP contribution is -2.10. The first-order valence-corrected chi connectivity index (χ1v) is 10.2. The van der Waals surface area contributed by atoms with Crippen LogP contribution in [0.4, 0.5) is 0 Å². The fourth-order valence-corrected chi connectivity index (χ4v) is 4.36. The van der Waals surface area contributed by atoms with Crippen molar-refractivity contribution in [3.8, 4) is 28.7 Å². The smallest absolute Gasteiger partial charge is 0.197 e. The van der Waals surface area contributed by atoms with Gasteiger partial charge >= 0.3 is 0 Å². The maximum Gasteiger partial charge on any atom is 0.197 e. The molecule has 0 spiro atoms. The van der Waals surface area contributed by atoms with Crippen LogP contribution in [0.1, 0.15) is 38.5 Å². The summed E-state index contributed by atoms with van der Waals surface area (Å²) >= 11 is 0. The average molecular weight is 434 g/mol. The Morgan fingerprint density at radius 2 is 1.28 bits per heavy atom. The monoisotopic (exact) mass is 434 g/mol. The summed E-state index contributed by atoms with van der Waals surface area (Å²) in [6.45, 7) is 0. The lowest BCUT2D eigenvalue weighted by Gasteiger charge is -2.22. The van der Waals surface area contributed by atoms with Gasteiger partial charge in [0.05, 0.1) is 41.1 Å². The number of benzene rings is 3. The summed E-state index contributed by atoms with van der Waals surface area (Å²) in [4.78, 5) is 13.9. The molecule has 0 fully saturated rings. The minimum Gasteiger partial charge on any atom is -0.497 e. The first kappa shape index (κ1) is 21.6. The van der Waals surface area contributed by atoms with Gasteiger partial charge in [0.1, 0.15) is 28.7 Å². The van der Waals surface area contributed by atoms with Gasteiger partial charge in [-0.25, -0.2) is 0 Å². The highest BCUT2D eigenvalue weighted by Crippen LogP contribution is 2.45. The van der Waals surface area contributed by atoms with Crippen LogP contribution in [0.2, 0.25) is 0 Å². The van der Waals surface area contributed by atoms with Crippen LogP contribution in [0, 0.1) is 0 Å². The molecule has 1 aliphatic rings. The molecule has 0 saturated heterocycles. The molecule has 0 aromatic heterocycles. The van der Waals surface area contributed by atoms with Crippen LogP contribution in [0.25, 0.3) is 0 Å². The second kappa shape index (κ2) is 8.83. The van der Waals surface area contributed by atoms with Crippen LogP contribution in [0.5, 0.6) is 28.7 Å². The van der Waals surface area contributed by atoms with E-state index in [9.17, 15) is 4.79 Å². The minimum absolute atomic E-state index is 0.136. The summed E-state index contributed by atoms with van der Waals surface area (Å²) < 4.78 is 27.6. The molecule has 1 atom stereocenters. The van der Waals surface area contributed by atoms with Gasteiger partial charge in [-0.1, -0.05) is 12.1 Å². The van der Waals surface area contributed by atoms with E-state index in [1.54, 1.807) is 47.7 Å². The van der Waals surface area contributed by atoms with E-state index in [4.69, 9.17) is 23.7 Å². The first-order chi connectivity index (χ1) is 15.5. The molecular weight excluding hydrogens is 408 g/mol. The second-order valence-electron chi connectivity index (χ2n) is 7.51. The molecule has 1 unspecified atom stereocenters. The largest absolute Gasteiger partial charge is 0.497 e. The maximum absolute atomic E-state index is 13.9. The lowest BCUT2D eigenvalue weighted by molar-refractivity contribution is 0.103. The van der Waals surface area contributed by atoms with E-state index in [1.165, 1.54) is 0 Å². The van der Waals surface area contributed by atoms with Crippen molar-refractivity contribution in [1.82, 2.24) is 0 Å². The highest BCUT2D eigenvalue weighted by Gasteiger charge is 2.34. The Kier molecular flexibility index (Phi) is 5.95. The molecular formula is C26H26O6. The zero-order valence-electron chi connectivity index (χ0n) is 18.9. The summed E-state index contributed by atoms with van der Waals surface area (Å²) in [5.74, 6) is 2.76. The van der Waals surface area contributed by atoms with E-state index in [2.05, 4.69) is 0 Å². The molecule has 1 aliphatic carbocycles. The van der Waals surface area contributed by atoms with Crippen molar-refractivity contribution in [3.05, 3.63) is 76.3 Å². The third-order valence-corrected chi connectivity index (χ3v) is 5.95. The third kappa shape index (κ3) is 3.62. The number of hydrogen-bond donors (Lipinski definition) is 0. The number of carbonyl (C=O) groups is 1. The van der Waals surface area contributed by atoms with Gasteiger partial charge in [-0.2, -0.15) is 0 Å². The second-order valence-corrected chi connectivity index (χ2v) is 7.51. The van der Waals surface area contributed by atoms with Gasteiger partial charge in [-0.05, 0) is 41.8 Å². The number of hydrogen-bond acceptors (Lipinski definition) is 6. The fourth-order valence-electron chi connectivity index (χ4n) is 4.36.